The summed E-state index contributed by atoms with van der Waals surface area (Å²) in [5.74, 6) is 1.03. The van der Waals surface area contributed by atoms with Gasteiger partial charge in [0.25, 0.3) is 0 Å². The van der Waals surface area contributed by atoms with Gasteiger partial charge in [0.05, 0.1) is 6.20 Å². The Morgan fingerprint density at radius 2 is 1.74 bits per heavy atom. The Kier molecular flexibility index (Phi) is 8.38. The summed E-state index contributed by atoms with van der Waals surface area (Å²) in [7, 11) is 0. The molecule has 0 bridgehead atoms. The zero-order chi connectivity index (χ0) is 17.4. The lowest BCUT2D eigenvalue weighted by molar-refractivity contribution is 0.205. The Morgan fingerprint density at radius 3 is 2.26 bits per heavy atom. The monoisotopic (exact) mass is 322 g/mol. The minimum Gasteiger partial charge on any atom is -0.503 e. The van der Waals surface area contributed by atoms with E-state index in [1.807, 2.05) is 0 Å². The van der Waals surface area contributed by atoms with Crippen molar-refractivity contribution in [2.75, 3.05) is 13.1 Å². The molecule has 0 saturated carbocycles. The fraction of sp³-hybridized carbons (Fsp3) is 0.737. The fourth-order valence-electron chi connectivity index (χ4n) is 2.94. The first-order chi connectivity index (χ1) is 10.8. The molecular formula is C19H34N2O2. The molecule has 0 aliphatic carbocycles. The van der Waals surface area contributed by atoms with Crippen molar-refractivity contribution in [2.24, 2.45) is 11.8 Å². The van der Waals surface area contributed by atoms with Crippen LogP contribution in [-0.4, -0.2) is 27.7 Å². The van der Waals surface area contributed by atoms with Gasteiger partial charge in [-0.05, 0) is 18.3 Å². The highest BCUT2D eigenvalue weighted by Crippen LogP contribution is 2.13. The van der Waals surface area contributed by atoms with Crippen LogP contribution in [0, 0.1) is 11.8 Å². The quantitative estimate of drug-likeness (QED) is 0.665. The van der Waals surface area contributed by atoms with E-state index >= 15 is 0 Å². The predicted octanol–water partition coefficient (Wildman–Crippen LogP) is 3.86. The van der Waals surface area contributed by atoms with Crippen molar-refractivity contribution in [1.82, 2.24) is 9.47 Å². The molecule has 0 aromatic carbocycles. The first kappa shape index (κ1) is 19.8. The molecule has 1 heterocycles. The van der Waals surface area contributed by atoms with Crippen molar-refractivity contribution in [3.63, 3.8) is 0 Å². The summed E-state index contributed by atoms with van der Waals surface area (Å²) in [6.45, 7) is 14.7. The van der Waals surface area contributed by atoms with Gasteiger partial charge in [-0.15, -0.1) is 0 Å². The van der Waals surface area contributed by atoms with Crippen molar-refractivity contribution in [1.29, 1.82) is 0 Å². The zero-order valence-electron chi connectivity index (χ0n) is 15.5. The van der Waals surface area contributed by atoms with Gasteiger partial charge in [0, 0.05) is 37.9 Å². The van der Waals surface area contributed by atoms with E-state index in [2.05, 4.69) is 44.1 Å². The van der Waals surface area contributed by atoms with E-state index < -0.39 is 0 Å². The molecule has 132 valence electrons. The first-order valence-electron chi connectivity index (χ1n) is 8.98. The molecule has 0 radical (unpaired) electrons. The van der Waals surface area contributed by atoms with E-state index in [0.29, 0.717) is 11.8 Å². The predicted molar refractivity (Wildman–Crippen MR) is 96.8 cm³/mol. The van der Waals surface area contributed by atoms with Crippen molar-refractivity contribution in [3.05, 3.63) is 28.2 Å². The van der Waals surface area contributed by atoms with Crippen LogP contribution in [0.15, 0.2) is 17.1 Å². The second-order valence-electron chi connectivity index (χ2n) is 7.40. The molecule has 23 heavy (non-hydrogen) atoms. The van der Waals surface area contributed by atoms with Crippen molar-refractivity contribution in [2.45, 2.75) is 67.0 Å². The van der Waals surface area contributed by atoms with Crippen LogP contribution < -0.4 is 5.43 Å². The molecule has 0 fully saturated rings. The molecule has 1 rings (SSSR count). The summed E-state index contributed by atoms with van der Waals surface area (Å²) in [5, 5.41) is 9.76. The van der Waals surface area contributed by atoms with Gasteiger partial charge in [-0.3, -0.25) is 9.69 Å². The average molecular weight is 322 g/mol. The molecule has 1 aromatic rings. The lowest BCUT2D eigenvalue weighted by atomic mass is 10.1. The molecule has 0 amide bonds. The zero-order valence-corrected chi connectivity index (χ0v) is 15.5. The van der Waals surface area contributed by atoms with Crippen LogP contribution in [0.4, 0.5) is 0 Å². The number of hydrogen-bond donors (Lipinski definition) is 1. The third kappa shape index (κ3) is 7.21. The van der Waals surface area contributed by atoms with E-state index in [1.165, 1.54) is 0 Å². The van der Waals surface area contributed by atoms with E-state index in [-0.39, 0.29) is 11.2 Å². The minimum atomic E-state index is -0.277. The maximum atomic E-state index is 11.9. The van der Waals surface area contributed by atoms with Crippen molar-refractivity contribution >= 4 is 0 Å². The van der Waals surface area contributed by atoms with Crippen LogP contribution in [0.3, 0.4) is 0 Å². The van der Waals surface area contributed by atoms with Gasteiger partial charge in [0.15, 0.2) is 5.75 Å². The Bertz CT molecular complexity index is 511. The Morgan fingerprint density at radius 1 is 1.13 bits per heavy atom. The number of aromatic nitrogens is 1. The highest BCUT2D eigenvalue weighted by atomic mass is 16.3. The van der Waals surface area contributed by atoms with Crippen LogP contribution >= 0.6 is 0 Å². The van der Waals surface area contributed by atoms with Crippen LogP contribution in [0.25, 0.3) is 0 Å². The molecule has 0 aliphatic rings. The normalized spacial score (nSPS) is 11.8. The molecule has 0 unspecified atom stereocenters. The molecule has 0 aliphatic heterocycles. The second-order valence-corrected chi connectivity index (χ2v) is 7.40. The molecule has 4 heteroatoms. The molecular weight excluding hydrogens is 288 g/mol. The van der Waals surface area contributed by atoms with Crippen LogP contribution in [-0.2, 0) is 13.1 Å². The van der Waals surface area contributed by atoms with E-state index in [9.17, 15) is 9.90 Å². The Balaban J connectivity index is 2.97. The van der Waals surface area contributed by atoms with Crippen LogP contribution in [0.2, 0.25) is 0 Å². The van der Waals surface area contributed by atoms with Gasteiger partial charge < -0.3 is 9.67 Å². The average Bonchev–Trinajstić information content (AvgIpc) is 2.42. The third-order valence-electron chi connectivity index (χ3n) is 3.83. The van der Waals surface area contributed by atoms with Gasteiger partial charge >= 0.3 is 0 Å². The lowest BCUT2D eigenvalue weighted by Crippen LogP contribution is -2.32. The third-order valence-corrected chi connectivity index (χ3v) is 3.83. The van der Waals surface area contributed by atoms with Crippen molar-refractivity contribution in [3.8, 4) is 5.75 Å². The lowest BCUT2D eigenvalue weighted by Gasteiger charge is -2.27. The SMILES string of the molecule is CCCCCn1cc(O)c(=O)cc1CN(CC(C)C)CC(C)C. The summed E-state index contributed by atoms with van der Waals surface area (Å²) in [5.41, 5.74) is 0.728. The molecule has 0 saturated heterocycles. The smallest absolute Gasteiger partial charge is 0.223 e. The fourth-order valence-corrected chi connectivity index (χ4v) is 2.94. The number of hydrogen-bond acceptors (Lipinski definition) is 3. The standard InChI is InChI=1S/C19H34N2O2/c1-6-7-8-9-21-14-19(23)18(22)10-17(21)13-20(11-15(2)3)12-16(4)5/h10,14-16,23H,6-9,11-13H2,1-5H3. The van der Waals surface area contributed by atoms with Crippen LogP contribution in [0.5, 0.6) is 5.75 Å². The maximum Gasteiger partial charge on any atom is 0.223 e. The molecule has 0 spiro atoms. The largest absolute Gasteiger partial charge is 0.503 e. The van der Waals surface area contributed by atoms with E-state index in [1.54, 1.807) is 12.3 Å². The van der Waals surface area contributed by atoms with Crippen molar-refractivity contribution < 1.29 is 5.11 Å². The minimum absolute atomic E-state index is 0.149. The number of nitrogens with zero attached hydrogens (tertiary/aromatic N) is 2. The molecule has 0 atom stereocenters. The number of unbranched alkanes of at least 4 members (excludes halogenated alkanes) is 2. The number of aryl methyl sites for hydroxylation is 1. The van der Waals surface area contributed by atoms with Crippen LogP contribution in [0.1, 0.15) is 59.6 Å². The number of pyridine rings is 1. The summed E-state index contributed by atoms with van der Waals surface area (Å²) in [6, 6.07) is 1.61. The summed E-state index contributed by atoms with van der Waals surface area (Å²) in [6.07, 6.45) is 5.00. The topological polar surface area (TPSA) is 45.5 Å². The second kappa shape index (κ2) is 9.76. The number of aromatic hydroxyl groups is 1. The number of rotatable bonds is 10. The first-order valence-corrected chi connectivity index (χ1v) is 8.98. The van der Waals surface area contributed by atoms with Gasteiger partial charge in [0.1, 0.15) is 0 Å². The Labute approximate surface area is 141 Å². The van der Waals surface area contributed by atoms with Gasteiger partial charge in [0.2, 0.25) is 5.43 Å². The van der Waals surface area contributed by atoms with E-state index in [4.69, 9.17) is 0 Å². The summed E-state index contributed by atoms with van der Waals surface area (Å²) in [4.78, 5) is 14.3. The maximum absolute atomic E-state index is 11.9. The van der Waals surface area contributed by atoms with Gasteiger partial charge in [-0.2, -0.15) is 0 Å². The molecule has 1 N–H and O–H groups in total. The summed E-state index contributed by atoms with van der Waals surface area (Å²) < 4.78 is 2.06. The Hall–Kier alpha value is -1.29. The van der Waals surface area contributed by atoms with Gasteiger partial charge in [-0.25, -0.2) is 0 Å². The van der Waals surface area contributed by atoms with E-state index in [0.717, 1.165) is 51.1 Å². The summed E-state index contributed by atoms with van der Waals surface area (Å²) >= 11 is 0. The molecule has 1 aromatic heterocycles. The molecule has 4 nitrogen and oxygen atoms in total. The van der Waals surface area contributed by atoms with Gasteiger partial charge in [-0.1, -0.05) is 47.5 Å². The highest BCUT2D eigenvalue weighted by Gasteiger charge is 2.13. The highest BCUT2D eigenvalue weighted by molar-refractivity contribution is 5.20.